The van der Waals surface area contributed by atoms with Gasteiger partial charge >= 0.3 is 5.97 Å². The second-order valence-corrected chi connectivity index (χ2v) is 3.50. The fourth-order valence-corrected chi connectivity index (χ4v) is 1.37. The first-order valence-electron chi connectivity index (χ1n) is 4.63. The van der Waals surface area contributed by atoms with E-state index in [9.17, 15) is 4.79 Å². The molecule has 0 aromatic carbocycles. The summed E-state index contributed by atoms with van der Waals surface area (Å²) in [6, 6.07) is 0. The fraction of sp³-hybridized carbons (Fsp3) is 0.778. The number of hydrogen-bond donors (Lipinski definition) is 0. The zero-order valence-corrected chi connectivity index (χ0v) is 8.92. The minimum absolute atomic E-state index is 0.0281. The Balaban J connectivity index is 2.05. The quantitative estimate of drug-likeness (QED) is 0.402. The molecule has 0 aliphatic carbocycles. The number of ether oxygens (including phenoxy) is 1. The average molecular weight is 220 g/mol. The van der Waals surface area contributed by atoms with Gasteiger partial charge in [0.05, 0.1) is 18.2 Å². The Kier molecular flexibility index (Phi) is 4.73. The van der Waals surface area contributed by atoms with Gasteiger partial charge in [-0.25, -0.2) is 0 Å². The Hall–Kier alpha value is -0.770. The van der Waals surface area contributed by atoms with Gasteiger partial charge in [-0.15, -0.1) is 11.6 Å². The molecule has 0 spiro atoms. The number of oxime groups is 1. The highest BCUT2D eigenvalue weighted by molar-refractivity contribution is 6.18. The van der Waals surface area contributed by atoms with E-state index in [0.29, 0.717) is 12.5 Å². The van der Waals surface area contributed by atoms with Crippen LogP contribution in [0.5, 0.6) is 0 Å². The van der Waals surface area contributed by atoms with E-state index in [2.05, 4.69) is 5.16 Å². The molecule has 0 radical (unpaired) electrons. The van der Waals surface area contributed by atoms with Crippen molar-refractivity contribution in [2.75, 3.05) is 12.5 Å². The standard InChI is InChI=1S/C9H14ClNO3/c1-7(12)13-4-2-3-8-5-9(6-10)14-11-8/h9H,2-6H2,1H3. The Morgan fingerprint density at radius 3 is 3.14 bits per heavy atom. The van der Waals surface area contributed by atoms with E-state index in [1.807, 2.05) is 0 Å². The van der Waals surface area contributed by atoms with Crippen LogP contribution in [0.25, 0.3) is 0 Å². The highest BCUT2D eigenvalue weighted by atomic mass is 35.5. The van der Waals surface area contributed by atoms with Crippen LogP contribution in [0.3, 0.4) is 0 Å². The zero-order chi connectivity index (χ0) is 10.4. The molecule has 0 fully saturated rings. The largest absolute Gasteiger partial charge is 0.466 e. The molecule has 1 aliphatic rings. The molecule has 1 unspecified atom stereocenters. The van der Waals surface area contributed by atoms with Crippen molar-refractivity contribution in [2.24, 2.45) is 5.16 Å². The van der Waals surface area contributed by atoms with Crippen molar-refractivity contribution < 1.29 is 14.4 Å². The maximum absolute atomic E-state index is 10.4. The molecule has 0 saturated heterocycles. The summed E-state index contributed by atoms with van der Waals surface area (Å²) >= 11 is 5.61. The summed E-state index contributed by atoms with van der Waals surface area (Å²) in [5.41, 5.74) is 1.00. The molecule has 80 valence electrons. The van der Waals surface area contributed by atoms with Crippen LogP contribution >= 0.6 is 11.6 Å². The minimum atomic E-state index is -0.242. The first kappa shape index (κ1) is 11.3. The van der Waals surface area contributed by atoms with Gasteiger partial charge in [0, 0.05) is 13.3 Å². The monoisotopic (exact) mass is 219 g/mol. The summed E-state index contributed by atoms with van der Waals surface area (Å²) in [6.45, 7) is 1.85. The third kappa shape index (κ3) is 3.96. The molecule has 0 amide bonds. The van der Waals surface area contributed by atoms with Gasteiger partial charge < -0.3 is 9.57 Å². The summed E-state index contributed by atoms with van der Waals surface area (Å²) in [6.07, 6.45) is 2.42. The second-order valence-electron chi connectivity index (χ2n) is 3.19. The van der Waals surface area contributed by atoms with Gasteiger partial charge in [-0.1, -0.05) is 5.16 Å². The van der Waals surface area contributed by atoms with Crippen LogP contribution in [0, 0.1) is 0 Å². The van der Waals surface area contributed by atoms with E-state index in [4.69, 9.17) is 21.2 Å². The number of halogens is 1. The van der Waals surface area contributed by atoms with E-state index in [1.54, 1.807) is 0 Å². The smallest absolute Gasteiger partial charge is 0.302 e. The first-order chi connectivity index (χ1) is 6.72. The van der Waals surface area contributed by atoms with Crippen LogP contribution in [0.4, 0.5) is 0 Å². The van der Waals surface area contributed by atoms with Gasteiger partial charge in [-0.05, 0) is 12.8 Å². The van der Waals surface area contributed by atoms with E-state index in [-0.39, 0.29) is 12.1 Å². The van der Waals surface area contributed by atoms with Crippen molar-refractivity contribution in [1.29, 1.82) is 0 Å². The molecular formula is C9H14ClNO3. The Bertz CT molecular complexity index is 230. The lowest BCUT2D eigenvalue weighted by Gasteiger charge is -2.01. The molecule has 0 saturated carbocycles. The Morgan fingerprint density at radius 1 is 1.79 bits per heavy atom. The number of hydrogen-bond acceptors (Lipinski definition) is 4. The van der Waals surface area contributed by atoms with Crippen LogP contribution in [-0.2, 0) is 14.4 Å². The normalized spacial score (nSPS) is 20.1. The summed E-state index contributed by atoms with van der Waals surface area (Å²) in [7, 11) is 0. The fourth-order valence-electron chi connectivity index (χ4n) is 1.21. The van der Waals surface area contributed by atoms with Crippen LogP contribution in [0.1, 0.15) is 26.2 Å². The number of nitrogens with zero attached hydrogens (tertiary/aromatic N) is 1. The van der Waals surface area contributed by atoms with Gasteiger partial charge in [0.1, 0.15) is 6.10 Å². The molecule has 1 rings (SSSR count). The van der Waals surface area contributed by atoms with Crippen LogP contribution in [0.15, 0.2) is 5.16 Å². The van der Waals surface area contributed by atoms with Crippen molar-refractivity contribution in [3.63, 3.8) is 0 Å². The van der Waals surface area contributed by atoms with Crippen LogP contribution in [0.2, 0.25) is 0 Å². The third-order valence-electron chi connectivity index (χ3n) is 1.88. The molecule has 0 bridgehead atoms. The molecular weight excluding hydrogens is 206 g/mol. The predicted molar refractivity (Wildman–Crippen MR) is 53.5 cm³/mol. The highest BCUT2D eigenvalue weighted by Crippen LogP contribution is 2.14. The lowest BCUT2D eigenvalue weighted by atomic mass is 10.1. The van der Waals surface area contributed by atoms with Gasteiger partial charge in [0.25, 0.3) is 0 Å². The molecule has 1 atom stereocenters. The second kappa shape index (κ2) is 5.86. The van der Waals surface area contributed by atoms with E-state index in [1.165, 1.54) is 6.92 Å². The summed E-state index contributed by atoms with van der Waals surface area (Å²) < 4.78 is 4.79. The topological polar surface area (TPSA) is 47.9 Å². The first-order valence-corrected chi connectivity index (χ1v) is 5.16. The number of carbonyl (C=O) groups is 1. The van der Waals surface area contributed by atoms with Gasteiger partial charge in [0.15, 0.2) is 0 Å². The maximum atomic E-state index is 10.4. The van der Waals surface area contributed by atoms with E-state index in [0.717, 1.165) is 25.0 Å². The molecule has 0 N–H and O–H groups in total. The highest BCUT2D eigenvalue weighted by Gasteiger charge is 2.19. The molecule has 5 heteroatoms. The Labute approximate surface area is 88.2 Å². The van der Waals surface area contributed by atoms with Crippen molar-refractivity contribution in [3.8, 4) is 0 Å². The maximum Gasteiger partial charge on any atom is 0.302 e. The van der Waals surface area contributed by atoms with Crippen LogP contribution in [-0.4, -0.2) is 30.3 Å². The minimum Gasteiger partial charge on any atom is -0.466 e. The lowest BCUT2D eigenvalue weighted by Crippen LogP contribution is -2.09. The number of carbonyl (C=O) groups excluding carboxylic acids is 1. The Morgan fingerprint density at radius 2 is 2.57 bits per heavy atom. The number of alkyl halides is 1. The summed E-state index contributed by atoms with van der Waals surface area (Å²) in [4.78, 5) is 15.5. The number of esters is 1. The van der Waals surface area contributed by atoms with Gasteiger partial charge in [-0.3, -0.25) is 4.79 Å². The van der Waals surface area contributed by atoms with Gasteiger partial charge in [0.2, 0.25) is 0 Å². The molecule has 0 aromatic heterocycles. The summed E-state index contributed by atoms with van der Waals surface area (Å²) in [5.74, 6) is 0.227. The molecule has 1 heterocycles. The van der Waals surface area contributed by atoms with Crippen LogP contribution < -0.4 is 0 Å². The van der Waals surface area contributed by atoms with Crippen molar-refractivity contribution in [3.05, 3.63) is 0 Å². The summed E-state index contributed by atoms with van der Waals surface area (Å²) in [5, 5.41) is 3.90. The SMILES string of the molecule is CC(=O)OCCCC1=NOC(CCl)C1. The predicted octanol–water partition coefficient (Wildman–Crippen LogP) is 1.71. The van der Waals surface area contributed by atoms with Crippen molar-refractivity contribution >= 4 is 23.3 Å². The van der Waals surface area contributed by atoms with E-state index >= 15 is 0 Å². The molecule has 1 aliphatic heterocycles. The van der Waals surface area contributed by atoms with Crippen molar-refractivity contribution in [1.82, 2.24) is 0 Å². The molecule has 4 nitrogen and oxygen atoms in total. The number of rotatable bonds is 5. The molecule has 14 heavy (non-hydrogen) atoms. The van der Waals surface area contributed by atoms with Crippen molar-refractivity contribution in [2.45, 2.75) is 32.3 Å². The van der Waals surface area contributed by atoms with E-state index < -0.39 is 0 Å². The molecule has 0 aromatic rings. The lowest BCUT2D eigenvalue weighted by molar-refractivity contribution is -0.140. The van der Waals surface area contributed by atoms with Gasteiger partial charge in [-0.2, -0.15) is 0 Å². The zero-order valence-electron chi connectivity index (χ0n) is 8.16. The average Bonchev–Trinajstić information content (AvgIpc) is 2.60. The third-order valence-corrected chi connectivity index (χ3v) is 2.23.